The van der Waals surface area contributed by atoms with Crippen molar-refractivity contribution in [2.45, 2.75) is 25.7 Å². The van der Waals surface area contributed by atoms with E-state index in [2.05, 4.69) is 6.58 Å². The Labute approximate surface area is 67.2 Å². The lowest BCUT2D eigenvalue weighted by Gasteiger charge is -2.08. The molecule has 2 heteroatoms. The highest BCUT2D eigenvalue weighted by Gasteiger charge is 2.24. The summed E-state index contributed by atoms with van der Waals surface area (Å²) >= 11 is 0. The average Bonchev–Trinajstić information content (AvgIpc) is 2.37. The van der Waals surface area contributed by atoms with E-state index in [1.165, 1.54) is 0 Å². The minimum Gasteiger partial charge on any atom is -0.502 e. The summed E-state index contributed by atoms with van der Waals surface area (Å²) in [5.74, 6) is 1.30. The van der Waals surface area contributed by atoms with Gasteiger partial charge in [-0.1, -0.05) is 6.58 Å². The summed E-state index contributed by atoms with van der Waals surface area (Å²) in [6, 6.07) is 0. The van der Waals surface area contributed by atoms with Crippen molar-refractivity contribution in [3.8, 4) is 0 Å². The van der Waals surface area contributed by atoms with Crippen molar-refractivity contribution in [3.05, 3.63) is 12.3 Å². The molecule has 0 aromatic rings. The number of methoxy groups -OCH3 is 1. The van der Waals surface area contributed by atoms with Gasteiger partial charge in [0.2, 0.25) is 0 Å². The molecule has 0 N–H and O–H groups in total. The summed E-state index contributed by atoms with van der Waals surface area (Å²) in [4.78, 5) is 11.1. The van der Waals surface area contributed by atoms with E-state index in [-0.39, 0.29) is 5.92 Å². The number of hydrogen-bond donors (Lipinski definition) is 0. The van der Waals surface area contributed by atoms with E-state index >= 15 is 0 Å². The fraction of sp³-hybridized carbons (Fsp3) is 0.667. The number of ether oxygens (including phenoxy) is 1. The number of ketones is 1. The monoisotopic (exact) mass is 154 g/mol. The molecule has 0 aromatic carbocycles. The van der Waals surface area contributed by atoms with Crippen LogP contribution < -0.4 is 0 Å². The number of carbonyl (C=O) groups is 1. The third-order valence-corrected chi connectivity index (χ3v) is 2.19. The highest BCUT2D eigenvalue weighted by atomic mass is 16.5. The summed E-state index contributed by atoms with van der Waals surface area (Å²) in [7, 11) is 1.60. The lowest BCUT2D eigenvalue weighted by molar-refractivity contribution is -0.120. The van der Waals surface area contributed by atoms with E-state index in [0.717, 1.165) is 31.4 Å². The van der Waals surface area contributed by atoms with Gasteiger partial charge < -0.3 is 4.74 Å². The Bertz CT molecular complexity index is 172. The van der Waals surface area contributed by atoms with Gasteiger partial charge in [-0.15, -0.1) is 0 Å². The van der Waals surface area contributed by atoms with Gasteiger partial charge >= 0.3 is 0 Å². The number of Topliss-reactive ketones (excluding diaryl/α,β-unsaturated/α-hetero) is 1. The predicted molar refractivity (Wildman–Crippen MR) is 43.1 cm³/mol. The Kier molecular flexibility index (Phi) is 2.69. The smallest absolute Gasteiger partial charge is 0.136 e. The van der Waals surface area contributed by atoms with Gasteiger partial charge in [0.15, 0.2) is 0 Å². The standard InChI is InChI=1S/C9H14O2/c1-7(11-2)6-8-4-3-5-9(8)10/h8H,1,3-6H2,2H3. The van der Waals surface area contributed by atoms with Gasteiger partial charge in [-0.2, -0.15) is 0 Å². The van der Waals surface area contributed by atoms with Gasteiger partial charge in [0.1, 0.15) is 5.78 Å². The molecule has 2 nitrogen and oxygen atoms in total. The highest BCUT2D eigenvalue weighted by Crippen LogP contribution is 2.26. The van der Waals surface area contributed by atoms with Crippen LogP contribution in [-0.2, 0) is 9.53 Å². The second-order valence-electron chi connectivity index (χ2n) is 3.00. The first-order chi connectivity index (χ1) is 5.24. The molecule has 0 radical (unpaired) electrons. The Hall–Kier alpha value is -0.790. The number of hydrogen-bond acceptors (Lipinski definition) is 2. The maximum atomic E-state index is 11.1. The molecule has 0 heterocycles. The molecule has 0 aliphatic heterocycles. The predicted octanol–water partition coefficient (Wildman–Crippen LogP) is 1.91. The molecule has 1 aliphatic rings. The Morgan fingerprint density at radius 1 is 1.82 bits per heavy atom. The van der Waals surface area contributed by atoms with Crippen LogP contribution in [0.4, 0.5) is 0 Å². The topological polar surface area (TPSA) is 26.3 Å². The van der Waals surface area contributed by atoms with E-state index in [0.29, 0.717) is 5.78 Å². The van der Waals surface area contributed by atoms with E-state index < -0.39 is 0 Å². The summed E-state index contributed by atoms with van der Waals surface area (Å²) in [6.07, 6.45) is 3.53. The molecular weight excluding hydrogens is 140 g/mol. The summed E-state index contributed by atoms with van der Waals surface area (Å²) in [5.41, 5.74) is 0. The highest BCUT2D eigenvalue weighted by molar-refractivity contribution is 5.83. The lowest BCUT2D eigenvalue weighted by atomic mass is 10.0. The molecular formula is C9H14O2. The summed E-state index contributed by atoms with van der Waals surface area (Å²) < 4.78 is 4.91. The normalized spacial score (nSPS) is 23.7. The van der Waals surface area contributed by atoms with Crippen LogP contribution in [0.25, 0.3) is 0 Å². The van der Waals surface area contributed by atoms with Crippen LogP contribution >= 0.6 is 0 Å². The minimum atomic E-state index is 0.197. The first-order valence-corrected chi connectivity index (χ1v) is 3.98. The average molecular weight is 154 g/mol. The summed E-state index contributed by atoms with van der Waals surface area (Å²) in [6.45, 7) is 3.70. The first-order valence-electron chi connectivity index (χ1n) is 3.98. The van der Waals surface area contributed by atoms with Crippen molar-refractivity contribution in [2.24, 2.45) is 5.92 Å². The van der Waals surface area contributed by atoms with Crippen molar-refractivity contribution < 1.29 is 9.53 Å². The Morgan fingerprint density at radius 2 is 2.55 bits per heavy atom. The van der Waals surface area contributed by atoms with E-state index in [9.17, 15) is 4.79 Å². The molecule has 0 spiro atoms. The molecule has 1 atom stereocenters. The van der Waals surface area contributed by atoms with Crippen LogP contribution in [0, 0.1) is 5.92 Å². The van der Waals surface area contributed by atoms with Crippen LogP contribution in [-0.4, -0.2) is 12.9 Å². The fourth-order valence-corrected chi connectivity index (χ4v) is 1.46. The van der Waals surface area contributed by atoms with Crippen molar-refractivity contribution in [3.63, 3.8) is 0 Å². The molecule has 0 amide bonds. The van der Waals surface area contributed by atoms with Crippen molar-refractivity contribution in [1.82, 2.24) is 0 Å². The SMILES string of the molecule is C=C(CC1CCCC1=O)OC. The molecule has 62 valence electrons. The van der Waals surface area contributed by atoms with Gasteiger partial charge in [-0.05, 0) is 12.8 Å². The molecule has 1 unspecified atom stereocenters. The van der Waals surface area contributed by atoms with Crippen LogP contribution in [0.1, 0.15) is 25.7 Å². The van der Waals surface area contributed by atoms with Gasteiger partial charge in [0, 0.05) is 18.8 Å². The first kappa shape index (κ1) is 8.31. The minimum absolute atomic E-state index is 0.197. The quantitative estimate of drug-likeness (QED) is 0.580. The van der Waals surface area contributed by atoms with Crippen molar-refractivity contribution in [1.29, 1.82) is 0 Å². The zero-order chi connectivity index (χ0) is 8.27. The maximum absolute atomic E-state index is 11.1. The molecule has 0 aromatic heterocycles. The summed E-state index contributed by atoms with van der Waals surface area (Å²) in [5, 5.41) is 0. The van der Waals surface area contributed by atoms with Crippen LogP contribution in [0.3, 0.4) is 0 Å². The third-order valence-electron chi connectivity index (χ3n) is 2.19. The molecule has 1 aliphatic carbocycles. The molecule has 0 saturated heterocycles. The van der Waals surface area contributed by atoms with E-state index in [1.54, 1.807) is 7.11 Å². The van der Waals surface area contributed by atoms with Gasteiger partial charge in [0.05, 0.1) is 12.9 Å². The maximum Gasteiger partial charge on any atom is 0.136 e. The van der Waals surface area contributed by atoms with Gasteiger partial charge in [-0.3, -0.25) is 4.79 Å². The zero-order valence-corrected chi connectivity index (χ0v) is 6.93. The number of carbonyl (C=O) groups excluding carboxylic acids is 1. The zero-order valence-electron chi connectivity index (χ0n) is 6.93. The van der Waals surface area contributed by atoms with E-state index in [1.807, 2.05) is 0 Å². The number of rotatable bonds is 3. The molecule has 0 bridgehead atoms. The second-order valence-corrected chi connectivity index (χ2v) is 3.00. The number of allylic oxidation sites excluding steroid dienone is 1. The van der Waals surface area contributed by atoms with Crippen LogP contribution in [0.2, 0.25) is 0 Å². The van der Waals surface area contributed by atoms with Crippen molar-refractivity contribution >= 4 is 5.78 Å². The molecule has 1 fully saturated rings. The van der Waals surface area contributed by atoms with Crippen LogP contribution in [0.15, 0.2) is 12.3 Å². The van der Waals surface area contributed by atoms with Crippen molar-refractivity contribution in [2.75, 3.05) is 7.11 Å². The third kappa shape index (κ3) is 2.07. The Morgan fingerprint density at radius 3 is 3.00 bits per heavy atom. The largest absolute Gasteiger partial charge is 0.502 e. The molecule has 11 heavy (non-hydrogen) atoms. The second kappa shape index (κ2) is 3.56. The lowest BCUT2D eigenvalue weighted by Crippen LogP contribution is -2.07. The van der Waals surface area contributed by atoms with Gasteiger partial charge in [0.25, 0.3) is 0 Å². The Balaban J connectivity index is 2.36. The fourth-order valence-electron chi connectivity index (χ4n) is 1.46. The van der Waals surface area contributed by atoms with Gasteiger partial charge in [-0.25, -0.2) is 0 Å². The molecule has 1 rings (SSSR count). The van der Waals surface area contributed by atoms with E-state index in [4.69, 9.17) is 4.74 Å². The molecule has 1 saturated carbocycles. The van der Waals surface area contributed by atoms with Crippen LogP contribution in [0.5, 0.6) is 0 Å².